The van der Waals surface area contributed by atoms with E-state index >= 15 is 0 Å². The van der Waals surface area contributed by atoms with E-state index in [0.717, 1.165) is 19.1 Å². The minimum Gasteiger partial charge on any atom is -0.493 e. The highest BCUT2D eigenvalue weighted by molar-refractivity contribution is 5.81. The van der Waals surface area contributed by atoms with Gasteiger partial charge < -0.3 is 9.47 Å². The fraction of sp³-hybridized carbons (Fsp3) is 0.500. The summed E-state index contributed by atoms with van der Waals surface area (Å²) in [5.74, 6) is 1.63. The predicted octanol–water partition coefficient (Wildman–Crippen LogP) is 3.32. The summed E-state index contributed by atoms with van der Waals surface area (Å²) < 4.78 is 10.9. The molecule has 0 aliphatic carbocycles. The number of rotatable bonds is 7. The zero-order valence-corrected chi connectivity index (χ0v) is 10.7. The number of para-hydroxylation sites is 1. The van der Waals surface area contributed by atoms with Gasteiger partial charge in [0, 0.05) is 0 Å². The molecule has 94 valence electrons. The van der Waals surface area contributed by atoms with Crippen LogP contribution in [0.5, 0.6) is 11.5 Å². The second-order valence-corrected chi connectivity index (χ2v) is 4.20. The van der Waals surface area contributed by atoms with Gasteiger partial charge in [-0.2, -0.15) is 0 Å². The lowest BCUT2D eigenvalue weighted by molar-refractivity contribution is 0.111. The maximum Gasteiger partial charge on any atom is 0.171 e. The van der Waals surface area contributed by atoms with Crippen LogP contribution in [0.15, 0.2) is 18.2 Å². The monoisotopic (exact) mass is 236 g/mol. The molecule has 0 saturated carbocycles. The van der Waals surface area contributed by atoms with Crippen LogP contribution in [-0.4, -0.2) is 20.0 Å². The molecule has 1 aromatic rings. The first kappa shape index (κ1) is 13.6. The van der Waals surface area contributed by atoms with E-state index in [0.29, 0.717) is 29.6 Å². The zero-order valence-electron chi connectivity index (χ0n) is 10.7. The van der Waals surface area contributed by atoms with Crippen LogP contribution in [0.25, 0.3) is 0 Å². The molecular weight excluding hydrogens is 216 g/mol. The number of carbonyl (C=O) groups is 1. The normalized spacial score (nSPS) is 11.9. The maximum absolute atomic E-state index is 10.9. The molecule has 0 N–H and O–H groups in total. The van der Waals surface area contributed by atoms with Gasteiger partial charge in [0.25, 0.3) is 0 Å². The summed E-state index contributed by atoms with van der Waals surface area (Å²) in [6, 6.07) is 5.31. The average molecular weight is 236 g/mol. The van der Waals surface area contributed by atoms with Gasteiger partial charge in [-0.1, -0.05) is 26.3 Å². The number of carbonyl (C=O) groups excluding carboxylic acids is 1. The minimum atomic E-state index is 0.476. The second kappa shape index (κ2) is 6.94. The SMILES string of the molecule is CCCC(C)COc1c(C=O)cccc1OC. The van der Waals surface area contributed by atoms with Crippen LogP contribution in [0.4, 0.5) is 0 Å². The van der Waals surface area contributed by atoms with Gasteiger partial charge in [0.15, 0.2) is 17.8 Å². The number of ether oxygens (including phenoxy) is 2. The molecule has 0 aliphatic heterocycles. The van der Waals surface area contributed by atoms with Crippen molar-refractivity contribution in [1.82, 2.24) is 0 Å². The average Bonchev–Trinajstić information content (AvgIpc) is 2.36. The van der Waals surface area contributed by atoms with Crippen molar-refractivity contribution < 1.29 is 14.3 Å². The summed E-state index contributed by atoms with van der Waals surface area (Å²) in [5, 5.41) is 0. The fourth-order valence-corrected chi connectivity index (χ4v) is 1.74. The van der Waals surface area contributed by atoms with E-state index in [2.05, 4.69) is 13.8 Å². The van der Waals surface area contributed by atoms with Crippen LogP contribution in [-0.2, 0) is 0 Å². The van der Waals surface area contributed by atoms with Gasteiger partial charge >= 0.3 is 0 Å². The van der Waals surface area contributed by atoms with Crippen LogP contribution in [0.1, 0.15) is 37.0 Å². The summed E-state index contributed by atoms with van der Waals surface area (Å²) in [6.07, 6.45) is 3.05. The molecule has 0 aromatic heterocycles. The molecule has 0 bridgehead atoms. The Morgan fingerprint density at radius 2 is 2.18 bits per heavy atom. The van der Waals surface area contributed by atoms with Gasteiger partial charge in [-0.15, -0.1) is 0 Å². The first-order chi connectivity index (χ1) is 8.22. The van der Waals surface area contributed by atoms with Crippen molar-refractivity contribution in [2.75, 3.05) is 13.7 Å². The molecule has 0 fully saturated rings. The number of hydrogen-bond donors (Lipinski definition) is 0. The number of methoxy groups -OCH3 is 1. The molecule has 0 amide bonds. The van der Waals surface area contributed by atoms with Crippen LogP contribution < -0.4 is 9.47 Å². The summed E-state index contributed by atoms with van der Waals surface area (Å²) in [7, 11) is 1.58. The van der Waals surface area contributed by atoms with Crippen LogP contribution >= 0.6 is 0 Å². The standard InChI is InChI=1S/C14H20O3/c1-4-6-11(2)10-17-14-12(9-15)7-5-8-13(14)16-3/h5,7-9,11H,4,6,10H2,1-3H3. The Balaban J connectivity index is 2.77. The van der Waals surface area contributed by atoms with Crippen molar-refractivity contribution in [2.24, 2.45) is 5.92 Å². The molecule has 0 aliphatic rings. The Labute approximate surface area is 103 Å². The topological polar surface area (TPSA) is 35.5 Å². The van der Waals surface area contributed by atoms with E-state index in [9.17, 15) is 4.79 Å². The van der Waals surface area contributed by atoms with Crippen molar-refractivity contribution in [3.8, 4) is 11.5 Å². The number of hydrogen-bond acceptors (Lipinski definition) is 3. The molecule has 1 rings (SSSR count). The predicted molar refractivity (Wildman–Crippen MR) is 67.9 cm³/mol. The van der Waals surface area contributed by atoms with Gasteiger partial charge in [0.2, 0.25) is 0 Å². The third-order valence-electron chi connectivity index (χ3n) is 2.65. The highest BCUT2D eigenvalue weighted by Gasteiger charge is 2.11. The Hall–Kier alpha value is -1.51. The second-order valence-electron chi connectivity index (χ2n) is 4.20. The van der Waals surface area contributed by atoms with Gasteiger partial charge in [-0.25, -0.2) is 0 Å². The van der Waals surface area contributed by atoms with Gasteiger partial charge in [0.1, 0.15) is 0 Å². The van der Waals surface area contributed by atoms with Crippen molar-refractivity contribution in [1.29, 1.82) is 0 Å². The molecule has 17 heavy (non-hydrogen) atoms. The fourth-order valence-electron chi connectivity index (χ4n) is 1.74. The smallest absolute Gasteiger partial charge is 0.171 e. The van der Waals surface area contributed by atoms with Crippen LogP contribution in [0.2, 0.25) is 0 Å². The first-order valence-electron chi connectivity index (χ1n) is 5.97. The largest absolute Gasteiger partial charge is 0.493 e. The van der Waals surface area contributed by atoms with E-state index < -0.39 is 0 Å². The Morgan fingerprint density at radius 3 is 2.76 bits per heavy atom. The molecule has 0 heterocycles. The summed E-state index contributed by atoms with van der Waals surface area (Å²) in [6.45, 7) is 4.89. The molecule has 3 heteroatoms. The molecule has 3 nitrogen and oxygen atoms in total. The van der Waals surface area contributed by atoms with E-state index in [1.54, 1.807) is 25.3 Å². The number of aldehydes is 1. The van der Waals surface area contributed by atoms with E-state index in [1.807, 2.05) is 0 Å². The van der Waals surface area contributed by atoms with Crippen molar-refractivity contribution in [3.05, 3.63) is 23.8 Å². The van der Waals surface area contributed by atoms with Gasteiger partial charge in [-0.05, 0) is 24.5 Å². The van der Waals surface area contributed by atoms with Crippen molar-refractivity contribution in [2.45, 2.75) is 26.7 Å². The van der Waals surface area contributed by atoms with Gasteiger partial charge in [0.05, 0.1) is 19.3 Å². The Kier molecular flexibility index (Phi) is 5.53. The quantitative estimate of drug-likeness (QED) is 0.681. The molecule has 1 atom stereocenters. The lowest BCUT2D eigenvalue weighted by Crippen LogP contribution is -2.10. The first-order valence-corrected chi connectivity index (χ1v) is 5.97. The number of benzene rings is 1. The van der Waals surface area contributed by atoms with Crippen LogP contribution in [0, 0.1) is 5.92 Å². The molecule has 0 radical (unpaired) electrons. The van der Waals surface area contributed by atoms with Gasteiger partial charge in [-0.3, -0.25) is 4.79 Å². The summed E-state index contributed by atoms with van der Waals surface area (Å²) in [5.41, 5.74) is 0.535. The molecular formula is C14H20O3. The molecule has 1 aromatic carbocycles. The van der Waals surface area contributed by atoms with E-state index in [4.69, 9.17) is 9.47 Å². The zero-order chi connectivity index (χ0) is 12.7. The summed E-state index contributed by atoms with van der Waals surface area (Å²) >= 11 is 0. The highest BCUT2D eigenvalue weighted by Crippen LogP contribution is 2.30. The Bertz CT molecular complexity index is 360. The van der Waals surface area contributed by atoms with E-state index in [1.165, 1.54) is 0 Å². The highest BCUT2D eigenvalue weighted by atomic mass is 16.5. The van der Waals surface area contributed by atoms with Crippen LogP contribution in [0.3, 0.4) is 0 Å². The summed E-state index contributed by atoms with van der Waals surface area (Å²) in [4.78, 5) is 10.9. The minimum absolute atomic E-state index is 0.476. The third-order valence-corrected chi connectivity index (χ3v) is 2.65. The maximum atomic E-state index is 10.9. The third kappa shape index (κ3) is 3.77. The molecule has 0 saturated heterocycles. The Morgan fingerprint density at radius 1 is 1.41 bits per heavy atom. The van der Waals surface area contributed by atoms with Crippen molar-refractivity contribution in [3.63, 3.8) is 0 Å². The lowest BCUT2D eigenvalue weighted by atomic mass is 10.1. The van der Waals surface area contributed by atoms with Crippen molar-refractivity contribution >= 4 is 6.29 Å². The lowest BCUT2D eigenvalue weighted by Gasteiger charge is -2.15. The molecule has 0 spiro atoms. The molecule has 1 unspecified atom stereocenters. The van der Waals surface area contributed by atoms with E-state index in [-0.39, 0.29) is 0 Å².